The van der Waals surface area contributed by atoms with Crippen molar-refractivity contribution < 1.29 is 9.47 Å². The van der Waals surface area contributed by atoms with Crippen molar-refractivity contribution in [3.63, 3.8) is 0 Å². The number of hydrogen-bond acceptors (Lipinski definition) is 4. The van der Waals surface area contributed by atoms with Crippen LogP contribution in [0, 0.1) is 5.92 Å². The van der Waals surface area contributed by atoms with Crippen LogP contribution in [0.5, 0.6) is 0 Å². The number of rotatable bonds is 9. The van der Waals surface area contributed by atoms with Crippen LogP contribution < -0.4 is 5.32 Å². The van der Waals surface area contributed by atoms with Gasteiger partial charge in [-0.2, -0.15) is 0 Å². The normalized spacial score (nSPS) is 20.4. The van der Waals surface area contributed by atoms with Crippen LogP contribution in [0.4, 0.5) is 5.69 Å². The summed E-state index contributed by atoms with van der Waals surface area (Å²) in [6.07, 6.45) is 12.9. The third kappa shape index (κ3) is 5.86. The zero-order chi connectivity index (χ0) is 20.9. The lowest BCUT2D eigenvalue weighted by Crippen LogP contribution is -2.30. The molecule has 0 saturated heterocycles. The van der Waals surface area contributed by atoms with E-state index in [0.717, 1.165) is 28.9 Å². The molecular weight excluding hydrogens is 378 g/mol. The van der Waals surface area contributed by atoms with Crippen LogP contribution in [-0.4, -0.2) is 37.4 Å². The van der Waals surface area contributed by atoms with Gasteiger partial charge < -0.3 is 19.4 Å². The van der Waals surface area contributed by atoms with E-state index in [1.54, 1.807) is 13.4 Å². The highest BCUT2D eigenvalue weighted by Crippen LogP contribution is 2.33. The van der Waals surface area contributed by atoms with Gasteiger partial charge in [-0.15, -0.1) is 0 Å². The molecule has 6 heteroatoms. The number of hydrogen-bond donors (Lipinski definition) is 1. The number of fused-ring (bicyclic) bond motifs is 1. The second-order valence-electron chi connectivity index (χ2n) is 9.51. The summed E-state index contributed by atoms with van der Waals surface area (Å²) in [5.74, 6) is 0.679. The third-order valence-electron chi connectivity index (χ3n) is 5.87. The fraction of sp³-hybridized carbons (Fsp3) is 0.609. The molecule has 1 fully saturated rings. The molecule has 0 bridgehead atoms. The molecular formula is C23H37N3O2Si. The van der Waals surface area contributed by atoms with Gasteiger partial charge in [0.25, 0.3) is 0 Å². The molecule has 1 aliphatic rings. The van der Waals surface area contributed by atoms with Crippen LogP contribution in [0.3, 0.4) is 0 Å². The highest BCUT2D eigenvalue weighted by molar-refractivity contribution is 6.76. The van der Waals surface area contributed by atoms with Gasteiger partial charge in [-0.3, -0.25) is 0 Å². The van der Waals surface area contributed by atoms with Crippen molar-refractivity contribution in [1.29, 1.82) is 0 Å². The first kappa shape index (κ1) is 21.9. The van der Waals surface area contributed by atoms with Crippen LogP contribution in [0.25, 0.3) is 17.1 Å². The molecule has 2 heterocycles. The van der Waals surface area contributed by atoms with Gasteiger partial charge in [0.05, 0.1) is 19.1 Å². The van der Waals surface area contributed by atoms with Crippen LogP contribution in [0.15, 0.2) is 24.7 Å². The number of pyridine rings is 1. The fourth-order valence-corrected chi connectivity index (χ4v) is 4.70. The molecule has 160 valence electrons. The summed E-state index contributed by atoms with van der Waals surface area (Å²) in [4.78, 5) is 4.74. The van der Waals surface area contributed by atoms with E-state index in [1.165, 1.54) is 31.7 Å². The highest BCUT2D eigenvalue weighted by atomic mass is 28.3. The summed E-state index contributed by atoms with van der Waals surface area (Å²) in [5, 5.41) is 5.00. The predicted octanol–water partition coefficient (Wildman–Crippen LogP) is 5.96. The summed E-state index contributed by atoms with van der Waals surface area (Å²) in [7, 11) is 0.600. The Morgan fingerprint density at radius 3 is 2.79 bits per heavy atom. The summed E-state index contributed by atoms with van der Waals surface area (Å²) in [5.41, 5.74) is 3.19. The monoisotopic (exact) mass is 415 g/mol. The first-order chi connectivity index (χ1) is 13.9. The Labute approximate surface area is 176 Å². The minimum atomic E-state index is -1.07. The van der Waals surface area contributed by atoms with Crippen molar-refractivity contribution in [2.24, 2.45) is 5.92 Å². The molecule has 0 spiro atoms. The number of anilines is 1. The average molecular weight is 416 g/mol. The van der Waals surface area contributed by atoms with Gasteiger partial charge in [-0.1, -0.05) is 39.4 Å². The van der Waals surface area contributed by atoms with Crippen molar-refractivity contribution in [2.75, 3.05) is 19.0 Å². The van der Waals surface area contributed by atoms with Gasteiger partial charge in [0.2, 0.25) is 0 Å². The molecule has 3 rings (SSSR count). The van der Waals surface area contributed by atoms with Crippen LogP contribution >= 0.6 is 0 Å². The van der Waals surface area contributed by atoms with Crippen LogP contribution in [0.2, 0.25) is 25.7 Å². The van der Waals surface area contributed by atoms with E-state index in [2.05, 4.69) is 48.7 Å². The molecule has 1 N–H and O–H groups in total. The smallest absolute Gasteiger partial charge is 0.143 e. The van der Waals surface area contributed by atoms with Crippen molar-refractivity contribution in [1.82, 2.24) is 9.55 Å². The van der Waals surface area contributed by atoms with Gasteiger partial charge in [0.15, 0.2) is 0 Å². The first-order valence-electron chi connectivity index (χ1n) is 10.9. The first-order valence-corrected chi connectivity index (χ1v) is 14.6. The fourth-order valence-electron chi connectivity index (χ4n) is 3.94. The topological polar surface area (TPSA) is 48.3 Å². The molecule has 2 atom stereocenters. The van der Waals surface area contributed by atoms with Crippen molar-refractivity contribution in [3.8, 4) is 0 Å². The van der Waals surface area contributed by atoms with E-state index in [9.17, 15) is 0 Å². The third-order valence-corrected chi connectivity index (χ3v) is 7.57. The second-order valence-corrected chi connectivity index (χ2v) is 15.1. The van der Waals surface area contributed by atoms with Crippen molar-refractivity contribution >= 4 is 30.9 Å². The average Bonchev–Trinajstić information content (AvgIpc) is 3.09. The summed E-state index contributed by atoms with van der Waals surface area (Å²) in [6.45, 7) is 10.9. The molecule has 5 nitrogen and oxygen atoms in total. The molecule has 0 aliphatic heterocycles. The lowest BCUT2D eigenvalue weighted by atomic mass is 9.85. The predicted molar refractivity (Wildman–Crippen MR) is 125 cm³/mol. The number of ether oxygens (including phenoxy) is 2. The Morgan fingerprint density at radius 2 is 2.07 bits per heavy atom. The molecule has 0 amide bonds. The van der Waals surface area contributed by atoms with Crippen LogP contribution in [-0.2, 0) is 16.2 Å². The molecule has 1 aliphatic carbocycles. The number of aromatic nitrogens is 2. The Kier molecular flexibility index (Phi) is 7.41. The van der Waals surface area contributed by atoms with Gasteiger partial charge in [0, 0.05) is 44.1 Å². The maximum absolute atomic E-state index is 5.97. The van der Waals surface area contributed by atoms with Gasteiger partial charge in [0.1, 0.15) is 12.4 Å². The number of nitrogens with one attached hydrogen (secondary N) is 1. The van der Waals surface area contributed by atoms with Gasteiger partial charge in [-0.25, -0.2) is 4.98 Å². The second kappa shape index (κ2) is 9.81. The summed E-state index contributed by atoms with van der Waals surface area (Å²) in [6, 6.07) is 3.84. The quantitative estimate of drug-likeness (QED) is 0.312. The zero-order valence-electron chi connectivity index (χ0n) is 18.7. The van der Waals surface area contributed by atoms with Crippen molar-refractivity contribution in [2.45, 2.75) is 71.1 Å². The van der Waals surface area contributed by atoms with E-state index in [1.807, 2.05) is 12.3 Å². The van der Waals surface area contributed by atoms with E-state index in [0.29, 0.717) is 18.7 Å². The van der Waals surface area contributed by atoms with Crippen molar-refractivity contribution in [3.05, 3.63) is 30.3 Å². The SMILES string of the molecule is CO/C=C/c1cnc2c(ccn2COCC[Si](C)(C)C)c1N[C@H]1CCCC[C@H]1C. The lowest BCUT2D eigenvalue weighted by molar-refractivity contribution is 0.0899. The van der Waals surface area contributed by atoms with E-state index in [-0.39, 0.29) is 0 Å². The minimum Gasteiger partial charge on any atom is -0.504 e. The summed E-state index contributed by atoms with van der Waals surface area (Å²) >= 11 is 0. The van der Waals surface area contributed by atoms with Gasteiger partial charge in [-0.05, 0) is 36.9 Å². The van der Waals surface area contributed by atoms with E-state index < -0.39 is 8.07 Å². The molecule has 2 aromatic rings. The Hall–Kier alpha value is -1.79. The highest BCUT2D eigenvalue weighted by Gasteiger charge is 2.23. The molecule has 2 aromatic heterocycles. The number of methoxy groups -OCH3 is 1. The molecule has 0 radical (unpaired) electrons. The van der Waals surface area contributed by atoms with Gasteiger partial charge >= 0.3 is 0 Å². The lowest BCUT2D eigenvalue weighted by Gasteiger charge is -2.31. The maximum Gasteiger partial charge on any atom is 0.143 e. The Bertz CT molecular complexity index is 825. The molecule has 0 aromatic carbocycles. The zero-order valence-corrected chi connectivity index (χ0v) is 19.7. The maximum atomic E-state index is 5.97. The molecule has 29 heavy (non-hydrogen) atoms. The van der Waals surface area contributed by atoms with Crippen LogP contribution in [0.1, 0.15) is 38.2 Å². The Balaban J connectivity index is 1.83. The van der Waals surface area contributed by atoms with E-state index in [4.69, 9.17) is 14.5 Å². The summed E-state index contributed by atoms with van der Waals surface area (Å²) < 4.78 is 13.2. The number of nitrogens with zero attached hydrogens (tertiary/aromatic N) is 2. The Morgan fingerprint density at radius 1 is 1.28 bits per heavy atom. The van der Waals surface area contributed by atoms with E-state index >= 15 is 0 Å². The largest absolute Gasteiger partial charge is 0.504 e. The molecule has 1 saturated carbocycles. The molecule has 0 unspecified atom stereocenters. The standard InChI is InChI=1S/C23H37N3O2Si/c1-18-8-6-7-9-21(18)25-22-19(11-13-27-2)16-24-23-20(22)10-12-26(23)17-28-14-15-29(3,4)5/h10-13,16,18,21H,6-9,14-15,17H2,1-5H3,(H,24,25)/b13-11+/t18-,21+/m1/s1. The minimum absolute atomic E-state index is 0.500.